The lowest BCUT2D eigenvalue weighted by Crippen LogP contribution is -2.54. The summed E-state index contributed by atoms with van der Waals surface area (Å²) in [7, 11) is 0. The largest absolute Gasteiger partial charge is 0.449 e. The van der Waals surface area contributed by atoms with Crippen LogP contribution in [0.25, 0.3) is 0 Å². The first-order valence-corrected chi connectivity index (χ1v) is 15.1. The predicted octanol–water partition coefficient (Wildman–Crippen LogP) is 7.62. The minimum absolute atomic E-state index is 0.0632. The Morgan fingerprint density at radius 1 is 1.08 bits per heavy atom. The summed E-state index contributed by atoms with van der Waals surface area (Å²) in [6, 6.07) is 10.7. The molecule has 7 heteroatoms. The standard InChI is InChI=1S/C30H44N4O2S/c1-4-5-6-7-8-9-10-11-12-17-28(35)36-22-34-19-18-33(21-23(34)2)29-25-20-24(3)37-30(25)32-27-16-14-13-15-26(27)31-29/h13-16,20,23,32H,4-12,17-19,21-22H2,1-3H3. The number of ether oxygens (including phenoxy) is 1. The van der Waals surface area contributed by atoms with Gasteiger partial charge in [-0.05, 0) is 38.5 Å². The molecule has 1 aromatic heterocycles. The molecule has 0 spiro atoms. The minimum atomic E-state index is -0.0632. The van der Waals surface area contributed by atoms with Crippen LogP contribution in [0.3, 0.4) is 0 Å². The van der Waals surface area contributed by atoms with Crippen LogP contribution in [0.1, 0.15) is 88.5 Å². The molecule has 0 radical (unpaired) electrons. The summed E-state index contributed by atoms with van der Waals surface area (Å²) in [6.45, 7) is 9.55. The third-order valence-corrected chi connectivity index (χ3v) is 8.38. The Balaban J connectivity index is 1.22. The fraction of sp³-hybridized carbons (Fsp3) is 0.600. The molecule has 1 fully saturated rings. The van der Waals surface area contributed by atoms with Crippen LogP contribution in [0, 0.1) is 6.92 Å². The molecule has 202 valence electrons. The summed E-state index contributed by atoms with van der Waals surface area (Å²) >= 11 is 1.78. The molecule has 6 nitrogen and oxygen atoms in total. The zero-order valence-corrected chi connectivity index (χ0v) is 23.7. The molecular formula is C30H44N4O2S. The molecule has 1 aromatic carbocycles. The van der Waals surface area contributed by atoms with E-state index in [1.807, 2.05) is 12.1 Å². The number of hydrogen-bond donors (Lipinski definition) is 1. The summed E-state index contributed by atoms with van der Waals surface area (Å²) in [4.78, 5) is 23.4. The van der Waals surface area contributed by atoms with Crippen LogP contribution in [-0.2, 0) is 9.53 Å². The maximum absolute atomic E-state index is 12.3. The lowest BCUT2D eigenvalue weighted by Gasteiger charge is -2.40. The highest BCUT2D eigenvalue weighted by Gasteiger charge is 2.30. The zero-order valence-electron chi connectivity index (χ0n) is 22.9. The van der Waals surface area contributed by atoms with Crippen molar-refractivity contribution < 1.29 is 9.53 Å². The molecule has 0 aliphatic carbocycles. The quantitative estimate of drug-likeness (QED) is 0.229. The van der Waals surface area contributed by atoms with Gasteiger partial charge < -0.3 is 15.0 Å². The van der Waals surface area contributed by atoms with E-state index in [1.54, 1.807) is 11.3 Å². The van der Waals surface area contributed by atoms with Crippen LogP contribution in [0.4, 0.5) is 16.4 Å². The summed E-state index contributed by atoms with van der Waals surface area (Å²) in [6.07, 6.45) is 11.8. The molecule has 2 aromatic rings. The molecule has 1 N–H and O–H groups in total. The zero-order chi connectivity index (χ0) is 26.0. The van der Waals surface area contributed by atoms with Crippen LogP contribution in [0.5, 0.6) is 0 Å². The maximum Gasteiger partial charge on any atom is 0.307 e. The molecular weight excluding hydrogens is 480 g/mol. The molecule has 1 unspecified atom stereocenters. The number of piperazine rings is 1. The molecule has 0 amide bonds. The number of hydrogen-bond acceptors (Lipinski definition) is 7. The summed E-state index contributed by atoms with van der Waals surface area (Å²) in [5.74, 6) is 0.970. The van der Waals surface area contributed by atoms with Crippen molar-refractivity contribution in [2.75, 3.05) is 31.7 Å². The highest BCUT2D eigenvalue weighted by atomic mass is 32.1. The minimum Gasteiger partial charge on any atom is -0.449 e. The van der Waals surface area contributed by atoms with Crippen LogP contribution in [0.2, 0.25) is 0 Å². The Hall–Kier alpha value is -2.38. The normalized spacial score (nSPS) is 17.4. The maximum atomic E-state index is 12.3. The number of carbonyl (C=O) groups is 1. The van der Waals surface area contributed by atoms with E-state index in [4.69, 9.17) is 9.73 Å². The van der Waals surface area contributed by atoms with Gasteiger partial charge in [0.25, 0.3) is 0 Å². The van der Waals surface area contributed by atoms with Crippen molar-refractivity contribution in [2.24, 2.45) is 4.99 Å². The van der Waals surface area contributed by atoms with E-state index in [2.05, 4.69) is 54.1 Å². The first-order valence-electron chi connectivity index (χ1n) is 14.3. The second-order valence-electron chi connectivity index (χ2n) is 10.5. The number of amidine groups is 1. The van der Waals surface area contributed by atoms with Crippen molar-refractivity contribution in [1.29, 1.82) is 0 Å². The van der Waals surface area contributed by atoms with Gasteiger partial charge in [-0.15, -0.1) is 11.3 Å². The number of anilines is 2. The van der Waals surface area contributed by atoms with Crippen molar-refractivity contribution in [1.82, 2.24) is 9.80 Å². The number of nitrogens with zero attached hydrogens (tertiary/aromatic N) is 3. The topological polar surface area (TPSA) is 57.2 Å². The third kappa shape index (κ3) is 7.81. The van der Waals surface area contributed by atoms with Gasteiger partial charge in [0.2, 0.25) is 0 Å². The van der Waals surface area contributed by atoms with Crippen molar-refractivity contribution in [2.45, 2.75) is 91.0 Å². The van der Waals surface area contributed by atoms with Gasteiger partial charge in [-0.3, -0.25) is 9.69 Å². The van der Waals surface area contributed by atoms with Gasteiger partial charge in [0.1, 0.15) is 17.6 Å². The number of para-hydroxylation sites is 2. The molecule has 3 heterocycles. The average Bonchev–Trinajstić information content (AvgIpc) is 3.18. The third-order valence-electron chi connectivity index (χ3n) is 7.42. The first kappa shape index (κ1) is 27.6. The monoisotopic (exact) mass is 524 g/mol. The smallest absolute Gasteiger partial charge is 0.307 e. The molecule has 4 rings (SSSR count). The van der Waals surface area contributed by atoms with E-state index in [9.17, 15) is 4.79 Å². The molecule has 37 heavy (non-hydrogen) atoms. The van der Waals surface area contributed by atoms with Gasteiger partial charge in [-0.1, -0.05) is 70.4 Å². The Labute approximate surface area is 227 Å². The highest BCUT2D eigenvalue weighted by molar-refractivity contribution is 7.16. The van der Waals surface area contributed by atoms with Gasteiger partial charge in [0.15, 0.2) is 0 Å². The molecule has 1 atom stereocenters. The van der Waals surface area contributed by atoms with E-state index in [0.29, 0.717) is 13.2 Å². The summed E-state index contributed by atoms with van der Waals surface area (Å²) < 4.78 is 5.66. The van der Waals surface area contributed by atoms with E-state index in [0.717, 1.165) is 54.7 Å². The lowest BCUT2D eigenvalue weighted by atomic mass is 10.1. The fourth-order valence-corrected chi connectivity index (χ4v) is 6.09. The summed E-state index contributed by atoms with van der Waals surface area (Å²) in [5.41, 5.74) is 3.19. The molecule has 2 aliphatic rings. The number of rotatable bonds is 12. The van der Waals surface area contributed by atoms with Crippen LogP contribution in [0.15, 0.2) is 35.3 Å². The Morgan fingerprint density at radius 3 is 2.57 bits per heavy atom. The number of unbranched alkanes of at least 4 members (excludes halogenated alkanes) is 8. The van der Waals surface area contributed by atoms with E-state index in [-0.39, 0.29) is 12.0 Å². The number of carbonyl (C=O) groups excluding carboxylic acids is 1. The van der Waals surface area contributed by atoms with Gasteiger partial charge in [0.05, 0.1) is 16.9 Å². The number of benzene rings is 1. The van der Waals surface area contributed by atoms with Gasteiger partial charge >= 0.3 is 5.97 Å². The van der Waals surface area contributed by atoms with E-state index in [1.165, 1.54) is 55.4 Å². The molecule has 1 saturated heterocycles. The number of aliphatic imine (C=N–C) groups is 1. The molecule has 0 bridgehead atoms. The van der Waals surface area contributed by atoms with Crippen LogP contribution in [-0.4, -0.2) is 54.0 Å². The van der Waals surface area contributed by atoms with Gasteiger partial charge in [-0.2, -0.15) is 0 Å². The second-order valence-corrected chi connectivity index (χ2v) is 11.8. The second kappa shape index (κ2) is 14.0. The van der Waals surface area contributed by atoms with Crippen molar-refractivity contribution >= 4 is 39.5 Å². The van der Waals surface area contributed by atoms with E-state index < -0.39 is 0 Å². The predicted molar refractivity (Wildman–Crippen MR) is 156 cm³/mol. The van der Waals surface area contributed by atoms with Gasteiger partial charge in [0, 0.05) is 37.0 Å². The van der Waals surface area contributed by atoms with Crippen molar-refractivity contribution in [3.8, 4) is 0 Å². The van der Waals surface area contributed by atoms with Crippen LogP contribution >= 0.6 is 11.3 Å². The number of aryl methyl sites for hydroxylation is 1. The van der Waals surface area contributed by atoms with Crippen LogP contribution < -0.4 is 5.32 Å². The summed E-state index contributed by atoms with van der Waals surface area (Å²) in [5, 5.41) is 4.75. The Kier molecular flexibility index (Phi) is 10.4. The number of fused-ring (bicyclic) bond motifs is 2. The van der Waals surface area contributed by atoms with Crippen molar-refractivity contribution in [3.63, 3.8) is 0 Å². The lowest BCUT2D eigenvalue weighted by molar-refractivity contribution is -0.150. The highest BCUT2D eigenvalue weighted by Crippen LogP contribution is 2.39. The number of thiophene rings is 1. The molecule has 0 saturated carbocycles. The van der Waals surface area contributed by atoms with Gasteiger partial charge in [-0.25, -0.2) is 4.99 Å². The van der Waals surface area contributed by atoms with E-state index >= 15 is 0 Å². The fourth-order valence-electron chi connectivity index (χ4n) is 5.17. The Morgan fingerprint density at radius 2 is 1.81 bits per heavy atom. The number of nitrogens with one attached hydrogen (secondary N) is 1. The molecule has 2 aliphatic heterocycles. The average molecular weight is 525 g/mol. The Bertz CT molecular complexity index is 1050. The SMILES string of the molecule is CCCCCCCCCCCC(=O)OCN1CCN(C2=Nc3ccccc3Nc3sc(C)cc32)CC1C. The number of esters is 1. The van der Waals surface area contributed by atoms with Crippen molar-refractivity contribution in [3.05, 3.63) is 40.8 Å². The first-order chi connectivity index (χ1) is 18.0.